The lowest BCUT2D eigenvalue weighted by molar-refractivity contribution is 0.194. The number of aliphatic hydroxyl groups is 1. The summed E-state index contributed by atoms with van der Waals surface area (Å²) in [7, 11) is 0. The molecule has 1 aromatic carbocycles. The third kappa shape index (κ3) is 3.55. The fraction of sp³-hybridized carbons (Fsp3) is 0.312. The van der Waals surface area contributed by atoms with Crippen molar-refractivity contribution in [2.75, 3.05) is 0 Å². The normalized spacial score (nSPS) is 12.5. The largest absolute Gasteiger partial charge is 0.456 e. The van der Waals surface area contributed by atoms with Crippen molar-refractivity contribution in [3.63, 3.8) is 0 Å². The van der Waals surface area contributed by atoms with Crippen LogP contribution in [0.2, 0.25) is 0 Å². The molecule has 0 radical (unpaired) electrons. The van der Waals surface area contributed by atoms with Gasteiger partial charge in [-0.25, -0.2) is 0 Å². The average molecular weight is 257 g/mol. The minimum absolute atomic E-state index is 0.472. The third-order valence-corrected chi connectivity index (χ3v) is 2.95. The van der Waals surface area contributed by atoms with Gasteiger partial charge in [0, 0.05) is 0 Å². The summed E-state index contributed by atoms with van der Waals surface area (Å²) in [5, 5.41) is 9.40. The Morgan fingerprint density at radius 1 is 1.05 bits per heavy atom. The quantitative estimate of drug-likeness (QED) is 0.898. The molecule has 1 N–H and O–H groups in total. The van der Waals surface area contributed by atoms with Crippen LogP contribution >= 0.6 is 0 Å². The van der Waals surface area contributed by atoms with Crippen molar-refractivity contribution in [3.8, 4) is 11.5 Å². The van der Waals surface area contributed by atoms with E-state index in [-0.39, 0.29) is 0 Å². The van der Waals surface area contributed by atoms with E-state index < -0.39 is 6.10 Å². The first-order valence-electron chi connectivity index (χ1n) is 6.48. The molecule has 3 heteroatoms. The molecule has 0 saturated carbocycles. The highest BCUT2D eigenvalue weighted by Crippen LogP contribution is 2.25. The van der Waals surface area contributed by atoms with E-state index in [1.165, 1.54) is 5.56 Å². The second-order valence-corrected chi connectivity index (χ2v) is 4.92. The molecular formula is C16H19NO2. The number of ether oxygens (including phenoxy) is 1. The first-order valence-corrected chi connectivity index (χ1v) is 6.48. The van der Waals surface area contributed by atoms with E-state index >= 15 is 0 Å². The van der Waals surface area contributed by atoms with Crippen LogP contribution in [0.15, 0.2) is 42.6 Å². The molecule has 0 aliphatic rings. The van der Waals surface area contributed by atoms with Gasteiger partial charge in [-0.3, -0.25) is 4.98 Å². The lowest BCUT2D eigenvalue weighted by Gasteiger charge is -2.10. The van der Waals surface area contributed by atoms with E-state index in [0.29, 0.717) is 17.4 Å². The molecule has 1 unspecified atom stereocenters. The smallest absolute Gasteiger partial charge is 0.145 e. The van der Waals surface area contributed by atoms with Gasteiger partial charge in [0.15, 0.2) is 0 Å². The number of rotatable bonds is 4. The summed E-state index contributed by atoms with van der Waals surface area (Å²) < 4.78 is 5.76. The van der Waals surface area contributed by atoms with Crippen LogP contribution < -0.4 is 4.74 Å². The molecule has 0 fully saturated rings. The Morgan fingerprint density at radius 2 is 1.84 bits per heavy atom. The lowest BCUT2D eigenvalue weighted by atomic mass is 10.0. The molecule has 100 valence electrons. The third-order valence-electron chi connectivity index (χ3n) is 2.95. The number of aliphatic hydroxyl groups excluding tert-OH is 1. The van der Waals surface area contributed by atoms with Crippen LogP contribution in [0.1, 0.15) is 44.1 Å². The van der Waals surface area contributed by atoms with Crippen molar-refractivity contribution in [3.05, 3.63) is 53.9 Å². The standard InChI is InChI=1S/C16H19NO2/c1-11(2)13-5-4-6-14(9-13)19-15-7-8-16(12(3)18)17-10-15/h4-12,18H,1-3H3. The molecule has 3 nitrogen and oxygen atoms in total. The molecule has 2 rings (SSSR count). The summed E-state index contributed by atoms with van der Waals surface area (Å²) in [6, 6.07) is 11.6. The maximum Gasteiger partial charge on any atom is 0.145 e. The van der Waals surface area contributed by atoms with Gasteiger partial charge in [0.25, 0.3) is 0 Å². The fourth-order valence-corrected chi connectivity index (χ4v) is 1.77. The molecule has 0 aliphatic carbocycles. The summed E-state index contributed by atoms with van der Waals surface area (Å²) in [6.07, 6.45) is 1.07. The molecule has 19 heavy (non-hydrogen) atoms. The minimum Gasteiger partial charge on any atom is -0.456 e. The first-order chi connectivity index (χ1) is 9.06. The van der Waals surface area contributed by atoms with Crippen molar-refractivity contribution < 1.29 is 9.84 Å². The molecular weight excluding hydrogens is 238 g/mol. The van der Waals surface area contributed by atoms with Gasteiger partial charge < -0.3 is 9.84 Å². The molecule has 1 atom stereocenters. The topological polar surface area (TPSA) is 42.4 Å². The van der Waals surface area contributed by atoms with Crippen molar-refractivity contribution in [1.29, 1.82) is 0 Å². The Bertz CT molecular complexity index is 533. The maximum absolute atomic E-state index is 9.40. The van der Waals surface area contributed by atoms with Gasteiger partial charge >= 0.3 is 0 Å². The zero-order chi connectivity index (χ0) is 13.8. The number of pyridine rings is 1. The molecule has 0 saturated heterocycles. The number of aromatic nitrogens is 1. The van der Waals surface area contributed by atoms with Gasteiger partial charge in [-0.1, -0.05) is 26.0 Å². The fourth-order valence-electron chi connectivity index (χ4n) is 1.77. The SMILES string of the molecule is CC(C)c1cccc(Oc2ccc(C(C)O)nc2)c1. The van der Waals surface area contributed by atoms with E-state index in [1.54, 1.807) is 19.2 Å². The molecule has 0 bridgehead atoms. The van der Waals surface area contributed by atoms with Crippen molar-refractivity contribution in [2.45, 2.75) is 32.8 Å². The van der Waals surface area contributed by atoms with Crippen LogP contribution in [0, 0.1) is 0 Å². The van der Waals surface area contributed by atoms with Gasteiger partial charge in [-0.15, -0.1) is 0 Å². The first kappa shape index (κ1) is 13.6. The Hall–Kier alpha value is -1.87. The van der Waals surface area contributed by atoms with E-state index in [9.17, 15) is 5.11 Å². The summed E-state index contributed by atoms with van der Waals surface area (Å²) >= 11 is 0. The van der Waals surface area contributed by atoms with E-state index in [4.69, 9.17) is 4.74 Å². The van der Waals surface area contributed by atoms with E-state index in [1.807, 2.05) is 24.3 Å². The number of hydrogen-bond acceptors (Lipinski definition) is 3. The average Bonchev–Trinajstić information content (AvgIpc) is 2.39. The second-order valence-electron chi connectivity index (χ2n) is 4.92. The van der Waals surface area contributed by atoms with E-state index in [0.717, 1.165) is 5.75 Å². The van der Waals surface area contributed by atoms with Crippen molar-refractivity contribution >= 4 is 0 Å². The number of benzene rings is 1. The Kier molecular flexibility index (Phi) is 4.17. The van der Waals surface area contributed by atoms with Crippen molar-refractivity contribution in [2.24, 2.45) is 0 Å². The monoisotopic (exact) mass is 257 g/mol. The number of hydrogen-bond donors (Lipinski definition) is 1. The molecule has 0 amide bonds. The molecule has 1 aromatic heterocycles. The van der Waals surface area contributed by atoms with Gasteiger partial charge in [-0.2, -0.15) is 0 Å². The van der Waals surface area contributed by atoms with Crippen LogP contribution in [0.25, 0.3) is 0 Å². The van der Waals surface area contributed by atoms with Crippen LogP contribution in [0.5, 0.6) is 11.5 Å². The molecule has 2 aromatic rings. The zero-order valence-corrected chi connectivity index (χ0v) is 11.5. The summed E-state index contributed by atoms with van der Waals surface area (Å²) in [5.41, 5.74) is 1.88. The summed E-state index contributed by atoms with van der Waals surface area (Å²) in [6.45, 7) is 5.99. The molecule has 0 spiro atoms. The maximum atomic E-state index is 9.40. The highest BCUT2D eigenvalue weighted by Gasteiger charge is 2.05. The molecule has 0 aliphatic heterocycles. The van der Waals surface area contributed by atoms with Crippen molar-refractivity contribution in [1.82, 2.24) is 4.98 Å². The van der Waals surface area contributed by atoms with Gasteiger partial charge in [0.05, 0.1) is 18.0 Å². The lowest BCUT2D eigenvalue weighted by Crippen LogP contribution is -1.95. The summed E-state index contributed by atoms with van der Waals surface area (Å²) in [4.78, 5) is 4.16. The summed E-state index contributed by atoms with van der Waals surface area (Å²) in [5.74, 6) is 1.95. The predicted octanol–water partition coefficient (Wildman–Crippen LogP) is 4.05. The minimum atomic E-state index is -0.557. The Labute approximate surface area is 113 Å². The van der Waals surface area contributed by atoms with Crippen LogP contribution in [0.4, 0.5) is 0 Å². The van der Waals surface area contributed by atoms with Crippen LogP contribution in [0.3, 0.4) is 0 Å². The molecule has 1 heterocycles. The Balaban J connectivity index is 2.14. The second kappa shape index (κ2) is 5.85. The van der Waals surface area contributed by atoms with Gasteiger partial charge in [0.1, 0.15) is 11.5 Å². The van der Waals surface area contributed by atoms with E-state index in [2.05, 4.69) is 24.9 Å². The van der Waals surface area contributed by atoms with Crippen LogP contribution in [-0.4, -0.2) is 10.1 Å². The highest BCUT2D eigenvalue weighted by molar-refractivity contribution is 5.34. The highest BCUT2D eigenvalue weighted by atomic mass is 16.5. The zero-order valence-electron chi connectivity index (χ0n) is 11.5. The van der Waals surface area contributed by atoms with Gasteiger partial charge in [-0.05, 0) is 42.7 Å². The van der Waals surface area contributed by atoms with Crippen LogP contribution in [-0.2, 0) is 0 Å². The number of nitrogens with zero attached hydrogens (tertiary/aromatic N) is 1. The predicted molar refractivity (Wildman–Crippen MR) is 75.5 cm³/mol. The Morgan fingerprint density at radius 3 is 2.42 bits per heavy atom. The van der Waals surface area contributed by atoms with Gasteiger partial charge in [0.2, 0.25) is 0 Å².